The summed E-state index contributed by atoms with van der Waals surface area (Å²) in [4.78, 5) is 13.2. The van der Waals surface area contributed by atoms with Crippen LogP contribution in [0, 0.1) is 5.92 Å². The van der Waals surface area contributed by atoms with Crippen LogP contribution in [-0.4, -0.2) is 55.3 Å². The lowest BCUT2D eigenvalue weighted by Gasteiger charge is -2.28. The Morgan fingerprint density at radius 2 is 2.10 bits per heavy atom. The molecule has 1 saturated heterocycles. The van der Waals surface area contributed by atoms with Crippen LogP contribution in [0.1, 0.15) is 19.8 Å². The van der Waals surface area contributed by atoms with Crippen molar-refractivity contribution in [3.05, 3.63) is 37.1 Å². The minimum atomic E-state index is 0.254. The molecule has 4 aromatic heterocycles. The van der Waals surface area contributed by atoms with Crippen LogP contribution in [0.25, 0.3) is 22.4 Å². The van der Waals surface area contributed by atoms with Crippen LogP contribution in [0.3, 0.4) is 0 Å². The van der Waals surface area contributed by atoms with E-state index in [9.17, 15) is 0 Å². The van der Waals surface area contributed by atoms with Gasteiger partial charge in [-0.15, -0.1) is 5.10 Å². The van der Waals surface area contributed by atoms with Crippen molar-refractivity contribution < 1.29 is 9.47 Å². The van der Waals surface area contributed by atoms with E-state index in [0.717, 1.165) is 42.7 Å². The number of imidazole rings is 1. The molecular weight excluding hydrogens is 370 g/mol. The monoisotopic (exact) mass is 393 g/mol. The summed E-state index contributed by atoms with van der Waals surface area (Å²) in [5.74, 6) is 2.28. The van der Waals surface area contributed by atoms with Gasteiger partial charge in [0, 0.05) is 61.4 Å². The van der Waals surface area contributed by atoms with Gasteiger partial charge in [0.05, 0.1) is 7.11 Å². The minimum Gasteiger partial charge on any atom is -0.479 e. The van der Waals surface area contributed by atoms with E-state index in [0.29, 0.717) is 23.5 Å². The van der Waals surface area contributed by atoms with E-state index in [1.165, 1.54) is 0 Å². The van der Waals surface area contributed by atoms with Gasteiger partial charge in [0.25, 0.3) is 0 Å². The number of fused-ring (bicyclic) bond motifs is 2. The SMILES string of the molecule is COc1nc(N[C@H](C)C2CCOCC2)nn2ccc(-c3cnc4nccn4c3)c12. The number of nitrogens with zero attached hydrogens (tertiary/aromatic N) is 6. The Balaban J connectivity index is 1.50. The summed E-state index contributed by atoms with van der Waals surface area (Å²) in [6.07, 6.45) is 11.4. The van der Waals surface area contributed by atoms with Gasteiger partial charge in [-0.2, -0.15) is 4.98 Å². The molecule has 0 spiro atoms. The normalized spacial score (nSPS) is 16.3. The van der Waals surface area contributed by atoms with Gasteiger partial charge in [-0.3, -0.25) is 4.40 Å². The number of anilines is 1. The Bertz CT molecular complexity index is 1150. The molecule has 1 N–H and O–H groups in total. The first-order chi connectivity index (χ1) is 14.2. The maximum atomic E-state index is 5.62. The second kappa shape index (κ2) is 7.32. The highest BCUT2D eigenvalue weighted by atomic mass is 16.5. The fourth-order valence-corrected chi connectivity index (χ4v) is 3.92. The van der Waals surface area contributed by atoms with Crippen LogP contribution in [0.15, 0.2) is 37.1 Å². The van der Waals surface area contributed by atoms with Gasteiger partial charge < -0.3 is 14.8 Å². The van der Waals surface area contributed by atoms with Gasteiger partial charge in [-0.05, 0) is 31.7 Å². The third-order valence-corrected chi connectivity index (χ3v) is 5.56. The Morgan fingerprint density at radius 3 is 2.93 bits per heavy atom. The van der Waals surface area contributed by atoms with Crippen molar-refractivity contribution in [1.29, 1.82) is 0 Å². The van der Waals surface area contributed by atoms with Crippen LogP contribution in [0.5, 0.6) is 5.88 Å². The molecule has 5 rings (SSSR count). The summed E-state index contributed by atoms with van der Waals surface area (Å²) in [7, 11) is 1.63. The molecule has 1 aliphatic rings. The van der Waals surface area contributed by atoms with Crippen LogP contribution >= 0.6 is 0 Å². The summed E-state index contributed by atoms with van der Waals surface area (Å²) in [6.45, 7) is 3.80. The van der Waals surface area contributed by atoms with E-state index in [4.69, 9.17) is 9.47 Å². The molecule has 1 atom stereocenters. The number of methoxy groups -OCH3 is 1. The van der Waals surface area contributed by atoms with Crippen molar-refractivity contribution in [2.45, 2.75) is 25.8 Å². The molecule has 150 valence electrons. The highest BCUT2D eigenvalue weighted by molar-refractivity contribution is 5.84. The second-order valence-corrected chi connectivity index (χ2v) is 7.33. The Morgan fingerprint density at radius 1 is 1.24 bits per heavy atom. The number of hydrogen-bond donors (Lipinski definition) is 1. The molecule has 0 saturated carbocycles. The van der Waals surface area contributed by atoms with Crippen LogP contribution in [0.4, 0.5) is 5.95 Å². The lowest BCUT2D eigenvalue weighted by atomic mass is 9.93. The first-order valence-corrected chi connectivity index (χ1v) is 9.79. The molecule has 0 radical (unpaired) electrons. The van der Waals surface area contributed by atoms with Crippen molar-refractivity contribution in [2.75, 3.05) is 25.6 Å². The van der Waals surface area contributed by atoms with Crippen LogP contribution < -0.4 is 10.1 Å². The van der Waals surface area contributed by atoms with E-state index in [1.807, 2.05) is 29.1 Å². The van der Waals surface area contributed by atoms with Gasteiger partial charge in [-0.1, -0.05) is 0 Å². The molecule has 1 aliphatic heterocycles. The van der Waals surface area contributed by atoms with Crippen LogP contribution in [-0.2, 0) is 4.74 Å². The maximum absolute atomic E-state index is 5.62. The van der Waals surface area contributed by atoms with Crippen molar-refractivity contribution in [2.24, 2.45) is 5.92 Å². The first-order valence-electron chi connectivity index (χ1n) is 9.79. The van der Waals surface area contributed by atoms with E-state index < -0.39 is 0 Å². The Labute approximate surface area is 167 Å². The summed E-state index contributed by atoms with van der Waals surface area (Å²) < 4.78 is 14.8. The zero-order chi connectivity index (χ0) is 19.8. The molecule has 0 unspecified atom stereocenters. The number of nitrogens with one attached hydrogen (secondary N) is 1. The average molecular weight is 393 g/mol. The standard InChI is InChI=1S/C20H23N7O2/c1-13(14-4-9-29-10-5-14)23-19-24-18(28-2)17-16(3-7-27(17)25-19)15-11-22-20-21-6-8-26(20)12-15/h3,6-8,11-14H,4-5,9-10H2,1-2H3,(H,23,25)/t13-/m1/s1. The molecular formula is C20H23N7O2. The smallest absolute Gasteiger partial charge is 0.244 e. The number of ether oxygens (including phenoxy) is 2. The molecule has 1 fully saturated rings. The molecule has 9 heteroatoms. The van der Waals surface area contributed by atoms with E-state index in [1.54, 1.807) is 24.0 Å². The summed E-state index contributed by atoms with van der Waals surface area (Å²) in [6, 6.07) is 2.25. The molecule has 0 bridgehead atoms. The fraction of sp³-hybridized carbons (Fsp3) is 0.400. The Hall–Kier alpha value is -3.20. The first kappa shape index (κ1) is 17.9. The molecule has 0 amide bonds. The highest BCUT2D eigenvalue weighted by Crippen LogP contribution is 2.31. The average Bonchev–Trinajstić information content (AvgIpc) is 3.40. The fourth-order valence-electron chi connectivity index (χ4n) is 3.92. The van der Waals surface area contributed by atoms with Crippen molar-refractivity contribution in [3.8, 4) is 17.0 Å². The van der Waals surface area contributed by atoms with Gasteiger partial charge >= 0.3 is 0 Å². The summed E-state index contributed by atoms with van der Waals surface area (Å²) in [5, 5.41) is 8.11. The number of rotatable bonds is 5. The van der Waals surface area contributed by atoms with Crippen LogP contribution in [0.2, 0.25) is 0 Å². The highest BCUT2D eigenvalue weighted by Gasteiger charge is 2.22. The van der Waals surface area contributed by atoms with Gasteiger partial charge in [-0.25, -0.2) is 14.5 Å². The third-order valence-electron chi connectivity index (χ3n) is 5.56. The van der Waals surface area contributed by atoms with Gasteiger partial charge in [0.1, 0.15) is 5.52 Å². The maximum Gasteiger partial charge on any atom is 0.244 e. The van der Waals surface area contributed by atoms with Crippen molar-refractivity contribution >= 4 is 17.2 Å². The molecule has 0 aromatic carbocycles. The third kappa shape index (κ3) is 3.27. The molecule has 4 aromatic rings. The number of aromatic nitrogens is 6. The number of hydrogen-bond acceptors (Lipinski definition) is 7. The minimum absolute atomic E-state index is 0.254. The Kier molecular flexibility index (Phi) is 4.51. The molecule has 0 aliphatic carbocycles. The van der Waals surface area contributed by atoms with E-state index in [2.05, 4.69) is 32.3 Å². The lowest BCUT2D eigenvalue weighted by Crippen LogP contribution is -2.31. The summed E-state index contributed by atoms with van der Waals surface area (Å²) in [5.41, 5.74) is 2.70. The predicted molar refractivity (Wildman–Crippen MR) is 108 cm³/mol. The zero-order valence-electron chi connectivity index (χ0n) is 16.4. The van der Waals surface area contributed by atoms with E-state index in [-0.39, 0.29) is 6.04 Å². The zero-order valence-corrected chi connectivity index (χ0v) is 16.4. The van der Waals surface area contributed by atoms with Crippen molar-refractivity contribution in [1.82, 2.24) is 29.0 Å². The molecule has 29 heavy (non-hydrogen) atoms. The second-order valence-electron chi connectivity index (χ2n) is 7.33. The van der Waals surface area contributed by atoms with E-state index >= 15 is 0 Å². The van der Waals surface area contributed by atoms with Crippen molar-refractivity contribution in [3.63, 3.8) is 0 Å². The summed E-state index contributed by atoms with van der Waals surface area (Å²) >= 11 is 0. The molecule has 5 heterocycles. The lowest BCUT2D eigenvalue weighted by molar-refractivity contribution is 0.0621. The topological polar surface area (TPSA) is 90.9 Å². The van der Waals surface area contributed by atoms with Gasteiger partial charge in [0.2, 0.25) is 17.6 Å². The predicted octanol–water partition coefficient (Wildman–Crippen LogP) is 2.67. The molecule has 9 nitrogen and oxygen atoms in total. The quantitative estimate of drug-likeness (QED) is 0.557. The van der Waals surface area contributed by atoms with Gasteiger partial charge in [0.15, 0.2) is 0 Å². The largest absolute Gasteiger partial charge is 0.479 e.